The van der Waals surface area contributed by atoms with E-state index in [-0.39, 0.29) is 36.8 Å². The number of amides is 3. The maximum atomic E-state index is 12.4. The van der Waals surface area contributed by atoms with Crippen LogP contribution in [-0.2, 0) is 19.1 Å². The van der Waals surface area contributed by atoms with Gasteiger partial charge in [0.1, 0.15) is 18.1 Å². The Balaban J connectivity index is 1.75. The molecule has 0 radical (unpaired) electrons. The molecule has 0 bridgehead atoms. The van der Waals surface area contributed by atoms with Crippen LogP contribution >= 0.6 is 0 Å². The summed E-state index contributed by atoms with van der Waals surface area (Å²) in [5.74, 6) is -2.78. The van der Waals surface area contributed by atoms with Gasteiger partial charge in [-0.3, -0.25) is 9.59 Å². The van der Waals surface area contributed by atoms with Crippen molar-refractivity contribution in [3.05, 3.63) is 42.1 Å². The number of aliphatic carboxylic acids is 1. The lowest BCUT2D eigenvalue weighted by Gasteiger charge is -2.44. The normalized spacial score (nSPS) is 22.9. The summed E-state index contributed by atoms with van der Waals surface area (Å²) in [7, 11) is 0. The van der Waals surface area contributed by atoms with Gasteiger partial charge in [-0.2, -0.15) is 0 Å². The van der Waals surface area contributed by atoms with E-state index in [0.29, 0.717) is 11.1 Å². The van der Waals surface area contributed by atoms with Gasteiger partial charge in [0.05, 0.1) is 23.8 Å². The van der Waals surface area contributed by atoms with E-state index in [1.807, 2.05) is 0 Å². The lowest BCUT2D eigenvalue weighted by atomic mass is 9.82. The fraction of sp³-hybridized carbons (Fsp3) is 0.333. The van der Waals surface area contributed by atoms with E-state index in [0.717, 1.165) is 4.90 Å². The minimum Gasteiger partial charge on any atom is -0.482 e. The third-order valence-electron chi connectivity index (χ3n) is 5.59. The van der Waals surface area contributed by atoms with E-state index >= 15 is 0 Å². The largest absolute Gasteiger partial charge is 0.482 e. The van der Waals surface area contributed by atoms with Crippen molar-refractivity contribution in [1.29, 1.82) is 0 Å². The van der Waals surface area contributed by atoms with Crippen LogP contribution in [0.2, 0.25) is 0 Å². The molecule has 3 aliphatic heterocycles. The molecule has 4 rings (SSSR count). The smallest absolute Gasteiger partial charge is 0.421 e. The van der Waals surface area contributed by atoms with E-state index in [9.17, 15) is 29.4 Å². The van der Waals surface area contributed by atoms with Gasteiger partial charge in [0.15, 0.2) is 6.61 Å². The molecule has 3 atom stereocenters. The standard InChI is InChI=1S/C21H20N2O8/c1-3-6-30-21(29)22-13-7-11(4-5-15(13)31-9-16(22)25)12-8-14-17(10(2)24)19(26)23(14)18(12)20(27)28/h3-5,7,10,14,17,24H,1,6,8-9H2,2H3,(H,27,28)/t10-,14-,17-/m1/s1. The minimum absolute atomic E-state index is 0.0910. The maximum absolute atomic E-state index is 12.4. The van der Waals surface area contributed by atoms with Crippen LogP contribution in [0.25, 0.3) is 5.57 Å². The summed E-state index contributed by atoms with van der Waals surface area (Å²) in [5, 5.41) is 19.6. The number of carboxylic acids is 1. The summed E-state index contributed by atoms with van der Waals surface area (Å²) in [5.41, 5.74) is 0.736. The Labute approximate surface area is 176 Å². The predicted octanol–water partition coefficient (Wildman–Crippen LogP) is 1.14. The highest BCUT2D eigenvalue weighted by atomic mass is 16.6. The van der Waals surface area contributed by atoms with E-state index in [2.05, 4.69) is 6.58 Å². The molecule has 0 aromatic heterocycles. The van der Waals surface area contributed by atoms with Gasteiger partial charge in [-0.15, -0.1) is 0 Å². The van der Waals surface area contributed by atoms with Crippen LogP contribution in [0.5, 0.6) is 5.75 Å². The third-order valence-corrected chi connectivity index (χ3v) is 5.59. The molecule has 31 heavy (non-hydrogen) atoms. The number of nitrogens with zero attached hydrogens (tertiary/aromatic N) is 2. The van der Waals surface area contributed by atoms with Gasteiger partial charge in [0, 0.05) is 0 Å². The number of hydrogen-bond acceptors (Lipinski definition) is 7. The second kappa shape index (κ2) is 7.55. The molecule has 3 heterocycles. The molecule has 162 valence electrons. The number of ether oxygens (including phenoxy) is 2. The first-order valence-electron chi connectivity index (χ1n) is 9.61. The zero-order valence-corrected chi connectivity index (χ0v) is 16.6. The number of carboxylic acid groups (broad SMARTS) is 1. The van der Waals surface area contributed by atoms with Crippen molar-refractivity contribution in [3.63, 3.8) is 0 Å². The summed E-state index contributed by atoms with van der Waals surface area (Å²) in [4.78, 5) is 51.1. The maximum Gasteiger partial charge on any atom is 0.421 e. The van der Waals surface area contributed by atoms with Crippen molar-refractivity contribution in [2.75, 3.05) is 18.1 Å². The van der Waals surface area contributed by atoms with Crippen LogP contribution in [0, 0.1) is 5.92 Å². The summed E-state index contributed by atoms with van der Waals surface area (Å²) in [6.07, 6.45) is -0.230. The quantitative estimate of drug-likeness (QED) is 0.527. The number of aliphatic hydroxyl groups is 1. The van der Waals surface area contributed by atoms with Crippen LogP contribution in [0.3, 0.4) is 0 Å². The number of carbonyl (C=O) groups is 4. The van der Waals surface area contributed by atoms with E-state index in [1.54, 1.807) is 6.07 Å². The van der Waals surface area contributed by atoms with Crippen molar-refractivity contribution in [3.8, 4) is 5.75 Å². The number of anilines is 1. The molecule has 1 aromatic rings. The number of hydrogen-bond donors (Lipinski definition) is 2. The molecular formula is C21H20N2O8. The van der Waals surface area contributed by atoms with Gasteiger partial charge >= 0.3 is 12.1 Å². The molecule has 0 saturated carbocycles. The Morgan fingerprint density at radius 2 is 2.13 bits per heavy atom. The minimum atomic E-state index is -1.28. The predicted molar refractivity (Wildman–Crippen MR) is 106 cm³/mol. The summed E-state index contributed by atoms with van der Waals surface area (Å²) in [6, 6.07) is 4.14. The van der Waals surface area contributed by atoms with E-state index < -0.39 is 41.9 Å². The van der Waals surface area contributed by atoms with Gasteiger partial charge in [-0.1, -0.05) is 18.7 Å². The molecule has 0 spiro atoms. The SMILES string of the molecule is C=CCOC(=O)N1C(=O)COc2ccc(C3=C(C(=O)O)N4C(=O)[C@H]([C@@H](C)O)[C@H]4C3)cc21. The monoisotopic (exact) mass is 428 g/mol. The van der Waals surface area contributed by atoms with Crippen molar-refractivity contribution in [2.45, 2.75) is 25.5 Å². The molecule has 1 fully saturated rings. The highest BCUT2D eigenvalue weighted by molar-refractivity contribution is 6.15. The fourth-order valence-electron chi connectivity index (χ4n) is 4.26. The molecule has 10 nitrogen and oxygen atoms in total. The van der Waals surface area contributed by atoms with Crippen LogP contribution in [0.1, 0.15) is 18.9 Å². The Morgan fingerprint density at radius 3 is 2.77 bits per heavy atom. The first-order valence-corrected chi connectivity index (χ1v) is 9.61. The Hall–Kier alpha value is -3.66. The second-order valence-electron chi connectivity index (χ2n) is 7.44. The van der Waals surface area contributed by atoms with Crippen molar-refractivity contribution < 1.29 is 38.9 Å². The average Bonchev–Trinajstić information content (AvgIpc) is 3.06. The Morgan fingerprint density at radius 1 is 1.39 bits per heavy atom. The first-order chi connectivity index (χ1) is 14.8. The van der Waals surface area contributed by atoms with Gasteiger partial charge in [0.25, 0.3) is 5.91 Å². The summed E-state index contributed by atoms with van der Waals surface area (Å²) < 4.78 is 10.4. The first kappa shape index (κ1) is 20.6. The van der Waals surface area contributed by atoms with Gasteiger partial charge < -0.3 is 24.6 Å². The molecule has 2 N–H and O–H groups in total. The van der Waals surface area contributed by atoms with Gasteiger partial charge in [0.2, 0.25) is 5.91 Å². The number of aliphatic hydroxyl groups excluding tert-OH is 1. The number of fused-ring (bicyclic) bond motifs is 2. The summed E-state index contributed by atoms with van der Waals surface area (Å²) >= 11 is 0. The molecule has 0 unspecified atom stereocenters. The highest BCUT2D eigenvalue weighted by Crippen LogP contribution is 2.48. The Kier molecular flexibility index (Phi) is 5.02. The number of imide groups is 1. The topological polar surface area (TPSA) is 134 Å². The number of β-lactam (4-membered cyclic amide) rings is 1. The second-order valence-corrected chi connectivity index (χ2v) is 7.44. The lowest BCUT2D eigenvalue weighted by Crippen LogP contribution is -2.61. The van der Waals surface area contributed by atoms with Crippen LogP contribution in [-0.4, -0.2) is 64.3 Å². The molecule has 3 aliphatic rings. The fourth-order valence-corrected chi connectivity index (χ4v) is 4.26. The van der Waals surface area contributed by atoms with Crippen molar-refractivity contribution >= 4 is 35.1 Å². The molecule has 0 aliphatic carbocycles. The van der Waals surface area contributed by atoms with Crippen LogP contribution in [0.4, 0.5) is 10.5 Å². The van der Waals surface area contributed by atoms with Crippen LogP contribution < -0.4 is 9.64 Å². The lowest BCUT2D eigenvalue weighted by molar-refractivity contribution is -0.161. The number of carbonyl (C=O) groups excluding carboxylic acids is 3. The zero-order valence-electron chi connectivity index (χ0n) is 16.6. The number of benzene rings is 1. The Bertz CT molecular complexity index is 1040. The molecule has 3 amide bonds. The molecule has 10 heteroatoms. The van der Waals surface area contributed by atoms with E-state index in [4.69, 9.17) is 9.47 Å². The zero-order chi connectivity index (χ0) is 22.4. The van der Waals surface area contributed by atoms with Crippen molar-refractivity contribution in [2.24, 2.45) is 5.92 Å². The highest BCUT2D eigenvalue weighted by Gasteiger charge is 2.56. The van der Waals surface area contributed by atoms with Gasteiger partial charge in [-0.25, -0.2) is 14.5 Å². The van der Waals surface area contributed by atoms with Crippen molar-refractivity contribution in [1.82, 2.24) is 4.90 Å². The van der Waals surface area contributed by atoms with Gasteiger partial charge in [-0.05, 0) is 36.6 Å². The molecule has 1 aromatic carbocycles. The third kappa shape index (κ3) is 3.15. The average molecular weight is 428 g/mol. The molecular weight excluding hydrogens is 408 g/mol. The van der Waals surface area contributed by atoms with Crippen LogP contribution in [0.15, 0.2) is 36.6 Å². The molecule has 1 saturated heterocycles. The summed E-state index contributed by atoms with van der Waals surface area (Å²) in [6.45, 7) is 4.51. The number of rotatable bonds is 5. The van der Waals surface area contributed by atoms with E-state index in [1.165, 1.54) is 30.0 Å².